The van der Waals surface area contributed by atoms with E-state index in [0.717, 1.165) is 40.8 Å². The molecule has 0 radical (unpaired) electrons. The summed E-state index contributed by atoms with van der Waals surface area (Å²) in [5.74, 6) is 2.63. The predicted octanol–water partition coefficient (Wildman–Crippen LogP) is 4.33. The van der Waals surface area contributed by atoms with Gasteiger partial charge in [-0.15, -0.1) is 0 Å². The Balaban J connectivity index is 1.54. The van der Waals surface area contributed by atoms with Gasteiger partial charge in [0.25, 0.3) is 0 Å². The molecule has 0 spiro atoms. The summed E-state index contributed by atoms with van der Waals surface area (Å²) in [6.45, 7) is 3.32. The summed E-state index contributed by atoms with van der Waals surface area (Å²) in [5, 5.41) is 4.22. The molecule has 0 amide bonds. The molecule has 1 N–H and O–H groups in total. The highest BCUT2D eigenvalue weighted by Gasteiger charge is 2.20. The molecule has 3 rings (SSSR count). The number of rotatable bonds is 7. The third-order valence-electron chi connectivity index (χ3n) is 3.64. The fraction of sp³-hybridized carbons (Fsp3) is 0.412. The second-order valence-electron chi connectivity index (χ2n) is 5.42. The van der Waals surface area contributed by atoms with Crippen molar-refractivity contribution >= 4 is 11.6 Å². The van der Waals surface area contributed by atoms with Crippen LogP contribution in [0.1, 0.15) is 36.8 Å². The quantitative estimate of drug-likeness (QED) is 0.827. The van der Waals surface area contributed by atoms with E-state index in [1.54, 1.807) is 0 Å². The van der Waals surface area contributed by atoms with Crippen LogP contribution in [-0.4, -0.2) is 6.04 Å². The minimum absolute atomic E-state index is 0.439. The van der Waals surface area contributed by atoms with Crippen LogP contribution in [0.4, 0.5) is 0 Å². The topological polar surface area (TPSA) is 34.4 Å². The molecule has 4 heteroatoms. The summed E-state index contributed by atoms with van der Waals surface area (Å²) in [5.41, 5.74) is 1.10. The van der Waals surface area contributed by atoms with E-state index in [9.17, 15) is 0 Å². The number of halogens is 1. The molecule has 21 heavy (non-hydrogen) atoms. The Morgan fingerprint density at radius 1 is 1.24 bits per heavy atom. The summed E-state index contributed by atoms with van der Waals surface area (Å²) < 4.78 is 11.5. The van der Waals surface area contributed by atoms with Gasteiger partial charge in [-0.1, -0.05) is 18.5 Å². The maximum absolute atomic E-state index is 6.10. The molecule has 0 saturated heterocycles. The Morgan fingerprint density at radius 3 is 2.81 bits per heavy atom. The van der Waals surface area contributed by atoms with E-state index in [4.69, 9.17) is 20.8 Å². The van der Waals surface area contributed by atoms with Crippen molar-refractivity contribution in [3.8, 4) is 5.75 Å². The number of furan rings is 1. The van der Waals surface area contributed by atoms with E-state index in [2.05, 4.69) is 12.2 Å². The molecule has 1 fully saturated rings. The molecule has 1 aliphatic rings. The third-order valence-corrected chi connectivity index (χ3v) is 4.01. The van der Waals surface area contributed by atoms with Crippen LogP contribution in [0.25, 0.3) is 0 Å². The van der Waals surface area contributed by atoms with Gasteiger partial charge in [0.15, 0.2) is 0 Å². The lowest BCUT2D eigenvalue weighted by atomic mass is 10.1. The van der Waals surface area contributed by atoms with E-state index in [1.165, 1.54) is 12.8 Å². The molecule has 0 aliphatic heterocycles. The summed E-state index contributed by atoms with van der Waals surface area (Å²) in [6, 6.07) is 10.4. The van der Waals surface area contributed by atoms with Crippen LogP contribution in [0.5, 0.6) is 5.75 Å². The number of ether oxygens (including phenoxy) is 1. The van der Waals surface area contributed by atoms with Gasteiger partial charge in [-0.25, -0.2) is 0 Å². The highest BCUT2D eigenvalue weighted by atomic mass is 35.5. The molecule has 1 heterocycles. The summed E-state index contributed by atoms with van der Waals surface area (Å²) in [7, 11) is 0. The first-order chi connectivity index (χ1) is 10.2. The Kier molecular flexibility index (Phi) is 4.51. The Bertz CT molecular complexity index is 605. The molecule has 0 unspecified atom stereocenters. The van der Waals surface area contributed by atoms with Gasteiger partial charge in [-0.3, -0.25) is 0 Å². The summed E-state index contributed by atoms with van der Waals surface area (Å²) in [4.78, 5) is 0. The van der Waals surface area contributed by atoms with E-state index < -0.39 is 0 Å². The molecular formula is C17H20ClNO2. The molecule has 0 bridgehead atoms. The SMILES string of the molecule is CCc1cc(OCc2ccc(CNC3CC3)o2)ccc1Cl. The molecule has 1 aromatic heterocycles. The second-order valence-corrected chi connectivity index (χ2v) is 5.83. The number of aryl methyl sites for hydroxylation is 1. The van der Waals surface area contributed by atoms with Gasteiger partial charge in [0.05, 0.1) is 6.54 Å². The van der Waals surface area contributed by atoms with E-state index in [1.807, 2.05) is 30.3 Å². The average Bonchev–Trinajstić information content (AvgIpc) is 3.22. The predicted molar refractivity (Wildman–Crippen MR) is 83.7 cm³/mol. The average molecular weight is 306 g/mol. The maximum atomic E-state index is 6.10. The van der Waals surface area contributed by atoms with Crippen LogP contribution >= 0.6 is 11.6 Å². The van der Waals surface area contributed by atoms with Crippen LogP contribution in [0, 0.1) is 0 Å². The minimum atomic E-state index is 0.439. The first kappa shape index (κ1) is 14.5. The zero-order chi connectivity index (χ0) is 14.7. The molecule has 1 aromatic carbocycles. The van der Waals surface area contributed by atoms with Gasteiger partial charge in [-0.2, -0.15) is 0 Å². The lowest BCUT2D eigenvalue weighted by Crippen LogP contribution is -2.14. The van der Waals surface area contributed by atoms with E-state index in [0.29, 0.717) is 12.6 Å². The molecular weight excluding hydrogens is 286 g/mol. The van der Waals surface area contributed by atoms with Crippen molar-refractivity contribution in [2.75, 3.05) is 0 Å². The lowest BCUT2D eigenvalue weighted by Gasteiger charge is -2.07. The van der Waals surface area contributed by atoms with Gasteiger partial charge in [0.1, 0.15) is 23.9 Å². The van der Waals surface area contributed by atoms with Crippen molar-refractivity contribution < 1.29 is 9.15 Å². The van der Waals surface area contributed by atoms with Crippen LogP contribution in [0.3, 0.4) is 0 Å². The summed E-state index contributed by atoms with van der Waals surface area (Å²) >= 11 is 6.10. The van der Waals surface area contributed by atoms with E-state index >= 15 is 0 Å². The second kappa shape index (κ2) is 6.54. The fourth-order valence-corrected chi connectivity index (χ4v) is 2.44. The molecule has 1 aliphatic carbocycles. The molecule has 1 saturated carbocycles. The standard InChI is InChI=1S/C17H20ClNO2/c1-2-12-9-14(7-8-17(12)18)20-11-16-6-5-15(21-16)10-19-13-3-4-13/h5-9,13,19H,2-4,10-11H2,1H3. The molecule has 3 nitrogen and oxygen atoms in total. The van der Waals surface area contributed by atoms with Crippen LogP contribution < -0.4 is 10.1 Å². The largest absolute Gasteiger partial charge is 0.486 e. The fourth-order valence-electron chi connectivity index (χ4n) is 2.19. The normalized spacial score (nSPS) is 14.4. The summed E-state index contributed by atoms with van der Waals surface area (Å²) in [6.07, 6.45) is 3.47. The Labute approximate surface area is 130 Å². The minimum Gasteiger partial charge on any atom is -0.486 e. The monoisotopic (exact) mass is 305 g/mol. The number of hydrogen-bond acceptors (Lipinski definition) is 3. The van der Waals surface area contributed by atoms with Crippen molar-refractivity contribution in [2.24, 2.45) is 0 Å². The van der Waals surface area contributed by atoms with Crippen LogP contribution in [0.15, 0.2) is 34.7 Å². The Morgan fingerprint density at radius 2 is 2.05 bits per heavy atom. The van der Waals surface area contributed by atoms with Gasteiger partial charge < -0.3 is 14.5 Å². The van der Waals surface area contributed by atoms with Gasteiger partial charge in [0, 0.05) is 11.1 Å². The first-order valence-corrected chi connectivity index (χ1v) is 7.84. The number of benzene rings is 1. The van der Waals surface area contributed by atoms with Crippen LogP contribution in [0.2, 0.25) is 5.02 Å². The maximum Gasteiger partial charge on any atom is 0.146 e. The zero-order valence-corrected chi connectivity index (χ0v) is 13.0. The van der Waals surface area contributed by atoms with Crippen molar-refractivity contribution in [1.29, 1.82) is 0 Å². The highest BCUT2D eigenvalue weighted by molar-refractivity contribution is 6.31. The zero-order valence-electron chi connectivity index (χ0n) is 12.2. The highest BCUT2D eigenvalue weighted by Crippen LogP contribution is 2.24. The first-order valence-electron chi connectivity index (χ1n) is 7.47. The van der Waals surface area contributed by atoms with Crippen molar-refractivity contribution in [2.45, 2.75) is 45.4 Å². The number of hydrogen-bond donors (Lipinski definition) is 1. The van der Waals surface area contributed by atoms with Crippen LogP contribution in [-0.2, 0) is 19.6 Å². The van der Waals surface area contributed by atoms with Crippen molar-refractivity contribution in [3.05, 3.63) is 52.4 Å². The number of nitrogens with one attached hydrogen (secondary N) is 1. The third kappa shape index (κ3) is 4.02. The van der Waals surface area contributed by atoms with Crippen molar-refractivity contribution in [1.82, 2.24) is 5.32 Å². The van der Waals surface area contributed by atoms with Gasteiger partial charge in [-0.05, 0) is 55.2 Å². The van der Waals surface area contributed by atoms with Gasteiger partial charge >= 0.3 is 0 Å². The van der Waals surface area contributed by atoms with Gasteiger partial charge in [0.2, 0.25) is 0 Å². The lowest BCUT2D eigenvalue weighted by molar-refractivity contribution is 0.265. The van der Waals surface area contributed by atoms with Crippen molar-refractivity contribution in [3.63, 3.8) is 0 Å². The smallest absolute Gasteiger partial charge is 0.146 e. The molecule has 2 aromatic rings. The molecule has 112 valence electrons. The molecule has 0 atom stereocenters. The Hall–Kier alpha value is -1.45. The van der Waals surface area contributed by atoms with E-state index in [-0.39, 0.29) is 0 Å².